The van der Waals surface area contributed by atoms with Crippen LogP contribution in [-0.2, 0) is 7.05 Å². The van der Waals surface area contributed by atoms with E-state index in [0.29, 0.717) is 5.69 Å². The van der Waals surface area contributed by atoms with Crippen LogP contribution in [0.1, 0.15) is 0 Å². The number of aryl methyl sites for hydroxylation is 1. The average molecular weight is 255 g/mol. The van der Waals surface area contributed by atoms with E-state index in [4.69, 9.17) is 5.73 Å². The predicted octanol–water partition coefficient (Wildman–Crippen LogP) is 1.33. The Balaban J connectivity index is 1.87. The molecule has 0 saturated heterocycles. The van der Waals surface area contributed by atoms with E-state index < -0.39 is 0 Å². The fraction of sp³-hybridized carbons (Fsp3) is 0.0833. The molecule has 3 N–H and O–H groups in total. The summed E-state index contributed by atoms with van der Waals surface area (Å²) in [5, 5.41) is 11.4. The van der Waals surface area contributed by atoms with Crippen molar-refractivity contribution >= 4 is 17.2 Å². The molecule has 0 atom stereocenters. The number of hydrogen-bond acceptors (Lipinski definition) is 5. The molecule has 0 fully saturated rings. The molecule has 3 rings (SSSR count). The van der Waals surface area contributed by atoms with Crippen LogP contribution in [0.3, 0.4) is 0 Å². The van der Waals surface area contributed by atoms with E-state index in [9.17, 15) is 0 Å². The molecule has 0 radical (unpaired) electrons. The first kappa shape index (κ1) is 11.3. The van der Waals surface area contributed by atoms with E-state index in [-0.39, 0.29) is 0 Å². The number of nitrogen functional groups attached to an aromatic ring is 1. The summed E-state index contributed by atoms with van der Waals surface area (Å²) in [5.74, 6) is 0.722. The smallest absolute Gasteiger partial charge is 0.132 e. The minimum absolute atomic E-state index is 0.624. The van der Waals surface area contributed by atoms with Gasteiger partial charge in [-0.05, 0) is 6.07 Å². The van der Waals surface area contributed by atoms with Crippen LogP contribution in [0.5, 0.6) is 0 Å². The van der Waals surface area contributed by atoms with Crippen LogP contribution >= 0.6 is 0 Å². The first-order chi connectivity index (χ1) is 9.20. The maximum absolute atomic E-state index is 5.65. The molecule has 0 aliphatic heterocycles. The zero-order valence-corrected chi connectivity index (χ0v) is 10.4. The number of rotatable bonds is 3. The summed E-state index contributed by atoms with van der Waals surface area (Å²) < 4.78 is 3.42. The number of nitrogens with zero attached hydrogens (tertiary/aromatic N) is 5. The van der Waals surface area contributed by atoms with Gasteiger partial charge in [0, 0.05) is 25.5 Å². The average Bonchev–Trinajstić information content (AvgIpc) is 2.99. The highest BCUT2D eigenvalue weighted by molar-refractivity contribution is 5.56. The fourth-order valence-corrected chi connectivity index (χ4v) is 1.74. The van der Waals surface area contributed by atoms with Gasteiger partial charge >= 0.3 is 0 Å². The molecule has 0 amide bonds. The fourth-order valence-electron chi connectivity index (χ4n) is 1.74. The molecular formula is C12H13N7. The number of pyridine rings is 1. The van der Waals surface area contributed by atoms with E-state index in [2.05, 4.69) is 20.5 Å². The van der Waals surface area contributed by atoms with Crippen molar-refractivity contribution in [3.63, 3.8) is 0 Å². The van der Waals surface area contributed by atoms with Gasteiger partial charge in [0.05, 0.1) is 35.7 Å². The van der Waals surface area contributed by atoms with E-state index >= 15 is 0 Å². The molecule has 0 bridgehead atoms. The summed E-state index contributed by atoms with van der Waals surface area (Å²) in [6, 6.07) is 3.75. The number of hydrogen-bond donors (Lipinski definition) is 2. The summed E-state index contributed by atoms with van der Waals surface area (Å²) in [5.41, 5.74) is 8.05. The predicted molar refractivity (Wildman–Crippen MR) is 72.3 cm³/mol. The van der Waals surface area contributed by atoms with Crippen LogP contribution in [0.2, 0.25) is 0 Å². The second-order valence-electron chi connectivity index (χ2n) is 4.15. The molecule has 0 saturated carbocycles. The Morgan fingerprint density at radius 2 is 2.11 bits per heavy atom. The second-order valence-corrected chi connectivity index (χ2v) is 4.15. The standard InChI is InChI=1S/C12H13N7/c1-18-8-10(6-15-18)17-12-4-11(2-3-14-12)19-7-9(13)5-16-19/h2-8H,13H2,1H3,(H,14,17). The van der Waals surface area contributed by atoms with Gasteiger partial charge in [-0.1, -0.05) is 0 Å². The van der Waals surface area contributed by atoms with E-state index in [1.54, 1.807) is 34.2 Å². The van der Waals surface area contributed by atoms with Gasteiger partial charge in [0.2, 0.25) is 0 Å². The number of nitrogens with one attached hydrogen (secondary N) is 1. The topological polar surface area (TPSA) is 86.6 Å². The lowest BCUT2D eigenvalue weighted by atomic mass is 10.4. The van der Waals surface area contributed by atoms with Gasteiger partial charge in [-0.15, -0.1) is 0 Å². The summed E-state index contributed by atoms with van der Waals surface area (Å²) in [6.45, 7) is 0. The van der Waals surface area contributed by atoms with Gasteiger partial charge in [-0.2, -0.15) is 10.2 Å². The molecule has 0 aliphatic carbocycles. The van der Waals surface area contributed by atoms with Crippen LogP contribution in [0.25, 0.3) is 5.69 Å². The van der Waals surface area contributed by atoms with Gasteiger partial charge in [-0.3, -0.25) is 4.68 Å². The number of anilines is 3. The molecule has 3 aromatic rings. The molecule has 0 spiro atoms. The summed E-state index contributed by atoms with van der Waals surface area (Å²) >= 11 is 0. The SMILES string of the molecule is Cn1cc(Nc2cc(-n3cc(N)cn3)ccn2)cn1. The molecule has 3 aromatic heterocycles. The second kappa shape index (κ2) is 4.45. The Bertz CT molecular complexity index is 697. The third-order valence-corrected chi connectivity index (χ3v) is 2.59. The van der Waals surface area contributed by atoms with Crippen LogP contribution in [0.4, 0.5) is 17.2 Å². The van der Waals surface area contributed by atoms with Gasteiger partial charge in [0.15, 0.2) is 0 Å². The van der Waals surface area contributed by atoms with E-state index in [1.165, 1.54) is 0 Å². The summed E-state index contributed by atoms with van der Waals surface area (Å²) in [6.07, 6.45) is 8.68. The Morgan fingerprint density at radius 1 is 1.21 bits per heavy atom. The van der Waals surface area contributed by atoms with Crippen molar-refractivity contribution in [2.75, 3.05) is 11.1 Å². The van der Waals surface area contributed by atoms with E-state index in [0.717, 1.165) is 17.2 Å². The highest BCUT2D eigenvalue weighted by atomic mass is 15.3. The monoisotopic (exact) mass is 255 g/mol. The van der Waals surface area contributed by atoms with Crippen LogP contribution < -0.4 is 11.1 Å². The maximum Gasteiger partial charge on any atom is 0.132 e. The van der Waals surface area contributed by atoms with Crippen LogP contribution in [-0.4, -0.2) is 24.5 Å². The zero-order valence-electron chi connectivity index (χ0n) is 10.4. The maximum atomic E-state index is 5.65. The van der Waals surface area contributed by atoms with Crippen LogP contribution in [0.15, 0.2) is 43.1 Å². The molecule has 0 aliphatic rings. The Kier molecular flexibility index (Phi) is 2.64. The van der Waals surface area contributed by atoms with Crippen molar-refractivity contribution in [3.05, 3.63) is 43.1 Å². The Hall–Kier alpha value is -2.83. The molecule has 0 aromatic carbocycles. The lowest BCUT2D eigenvalue weighted by Gasteiger charge is -2.05. The van der Waals surface area contributed by atoms with Gasteiger partial charge < -0.3 is 11.1 Å². The quantitative estimate of drug-likeness (QED) is 0.737. The third-order valence-electron chi connectivity index (χ3n) is 2.59. The molecule has 19 heavy (non-hydrogen) atoms. The van der Waals surface area contributed by atoms with Crippen molar-refractivity contribution in [2.45, 2.75) is 0 Å². The number of aromatic nitrogens is 5. The molecule has 3 heterocycles. The Labute approximate surface area is 109 Å². The largest absolute Gasteiger partial charge is 0.396 e. The molecule has 7 heteroatoms. The highest BCUT2D eigenvalue weighted by Gasteiger charge is 2.02. The third kappa shape index (κ3) is 2.39. The van der Waals surface area contributed by atoms with Crippen molar-refractivity contribution < 1.29 is 0 Å². The zero-order chi connectivity index (χ0) is 13.2. The normalized spacial score (nSPS) is 10.6. The van der Waals surface area contributed by atoms with Crippen molar-refractivity contribution in [3.8, 4) is 5.69 Å². The van der Waals surface area contributed by atoms with Crippen molar-refractivity contribution in [2.24, 2.45) is 7.05 Å². The summed E-state index contributed by atoms with van der Waals surface area (Å²) in [4.78, 5) is 4.26. The lowest BCUT2D eigenvalue weighted by molar-refractivity contribution is 0.768. The molecule has 96 valence electrons. The first-order valence-corrected chi connectivity index (χ1v) is 5.73. The first-order valence-electron chi connectivity index (χ1n) is 5.73. The van der Waals surface area contributed by atoms with Crippen molar-refractivity contribution in [1.82, 2.24) is 24.5 Å². The lowest BCUT2D eigenvalue weighted by Crippen LogP contribution is -1.98. The number of nitrogens with two attached hydrogens (primary N) is 1. The van der Waals surface area contributed by atoms with Gasteiger partial charge in [0.1, 0.15) is 5.82 Å². The Morgan fingerprint density at radius 3 is 2.79 bits per heavy atom. The molecule has 7 nitrogen and oxygen atoms in total. The molecule has 0 unspecified atom stereocenters. The van der Waals surface area contributed by atoms with E-state index in [1.807, 2.05) is 25.4 Å². The van der Waals surface area contributed by atoms with Crippen LogP contribution in [0, 0.1) is 0 Å². The highest BCUT2D eigenvalue weighted by Crippen LogP contribution is 2.16. The molecular weight excluding hydrogens is 242 g/mol. The summed E-state index contributed by atoms with van der Waals surface area (Å²) in [7, 11) is 1.86. The van der Waals surface area contributed by atoms with Gasteiger partial charge in [-0.25, -0.2) is 9.67 Å². The van der Waals surface area contributed by atoms with Crippen molar-refractivity contribution in [1.29, 1.82) is 0 Å². The minimum atomic E-state index is 0.624. The van der Waals surface area contributed by atoms with Gasteiger partial charge in [0.25, 0.3) is 0 Å². The minimum Gasteiger partial charge on any atom is -0.396 e.